The van der Waals surface area contributed by atoms with Gasteiger partial charge in [-0.15, -0.1) is 0 Å². The van der Waals surface area contributed by atoms with Gasteiger partial charge in [0.1, 0.15) is 0 Å². The first kappa shape index (κ1) is 31.4. The van der Waals surface area contributed by atoms with Crippen LogP contribution >= 0.6 is 0 Å². The highest BCUT2D eigenvalue weighted by atomic mass is 14.3. The number of allylic oxidation sites excluding steroid dienone is 14. The Hall–Kier alpha value is -4.16. The summed E-state index contributed by atoms with van der Waals surface area (Å²) in [6, 6.07) is 20.3. The Bertz CT molecular complexity index is 2030. The molecule has 7 rings (SSSR count). The Morgan fingerprint density at radius 3 is 2.53 bits per heavy atom. The van der Waals surface area contributed by atoms with E-state index in [1.165, 1.54) is 61.0 Å². The van der Waals surface area contributed by atoms with Gasteiger partial charge in [-0.3, -0.25) is 0 Å². The zero-order valence-electron chi connectivity index (χ0n) is 28.9. The highest BCUT2D eigenvalue weighted by Crippen LogP contribution is 2.38. The molecule has 0 heteroatoms. The molecule has 47 heavy (non-hydrogen) atoms. The van der Waals surface area contributed by atoms with Crippen molar-refractivity contribution >= 4 is 28.5 Å². The van der Waals surface area contributed by atoms with Gasteiger partial charge in [-0.1, -0.05) is 142 Å². The van der Waals surface area contributed by atoms with E-state index in [1.807, 2.05) is 0 Å². The van der Waals surface area contributed by atoms with Crippen LogP contribution in [0.25, 0.3) is 28.5 Å². The van der Waals surface area contributed by atoms with Crippen LogP contribution in [0, 0.1) is 0 Å². The summed E-state index contributed by atoms with van der Waals surface area (Å²) in [5.41, 5.74) is 13.4. The van der Waals surface area contributed by atoms with E-state index in [9.17, 15) is 0 Å². The van der Waals surface area contributed by atoms with Crippen molar-refractivity contribution in [3.63, 3.8) is 0 Å². The van der Waals surface area contributed by atoms with Gasteiger partial charge < -0.3 is 0 Å². The van der Waals surface area contributed by atoms with E-state index in [2.05, 4.69) is 143 Å². The second-order valence-corrected chi connectivity index (χ2v) is 14.5. The maximum atomic E-state index is 2.51. The highest BCUT2D eigenvalue weighted by molar-refractivity contribution is 5.93. The molecule has 3 aromatic carbocycles. The predicted octanol–water partition coefficient (Wildman–Crippen LogP) is 11.6. The topological polar surface area (TPSA) is 0 Å². The second-order valence-electron chi connectivity index (χ2n) is 14.5. The number of rotatable bonds is 10. The third-order valence-corrected chi connectivity index (χ3v) is 11.2. The third kappa shape index (κ3) is 6.28. The van der Waals surface area contributed by atoms with E-state index >= 15 is 0 Å². The monoisotopic (exact) mass is 614 g/mol. The molecule has 0 heterocycles. The molecule has 0 amide bonds. The molecule has 4 aliphatic carbocycles. The van der Waals surface area contributed by atoms with Gasteiger partial charge in [0, 0.05) is 11.3 Å². The van der Waals surface area contributed by atoms with Crippen molar-refractivity contribution in [1.82, 2.24) is 0 Å². The molecule has 0 aromatic heterocycles. The van der Waals surface area contributed by atoms with Crippen molar-refractivity contribution < 1.29 is 0 Å². The zero-order chi connectivity index (χ0) is 32.4. The lowest BCUT2D eigenvalue weighted by Gasteiger charge is -2.30. The molecule has 1 unspecified atom stereocenters. The molecule has 0 aliphatic heterocycles. The molecule has 0 bridgehead atoms. The van der Waals surface area contributed by atoms with Crippen molar-refractivity contribution in [2.75, 3.05) is 0 Å². The van der Waals surface area contributed by atoms with E-state index in [-0.39, 0.29) is 5.41 Å². The van der Waals surface area contributed by atoms with E-state index in [4.69, 9.17) is 0 Å². The van der Waals surface area contributed by atoms with E-state index < -0.39 is 0 Å². The van der Waals surface area contributed by atoms with Crippen LogP contribution < -0.4 is 10.4 Å². The first-order chi connectivity index (χ1) is 22.9. The van der Waals surface area contributed by atoms with Crippen LogP contribution in [0.15, 0.2) is 131 Å². The van der Waals surface area contributed by atoms with Crippen molar-refractivity contribution in [3.8, 4) is 0 Å². The van der Waals surface area contributed by atoms with Gasteiger partial charge in [0.2, 0.25) is 0 Å². The summed E-state index contributed by atoms with van der Waals surface area (Å²) >= 11 is 0. The SMILES string of the molecule is CCC=C(CCCC=C(C)C1=CC(C(C)(C)c2ccccc2)=CCC1)C1=CC=C(c2ccc3ccc4c5c3c2=CCC5C=CC=4)CC1. The van der Waals surface area contributed by atoms with Crippen molar-refractivity contribution in [2.24, 2.45) is 0 Å². The lowest BCUT2D eigenvalue weighted by Crippen LogP contribution is -2.24. The average Bonchev–Trinajstić information content (AvgIpc) is 3.12. The van der Waals surface area contributed by atoms with Crippen LogP contribution in [-0.2, 0) is 5.41 Å². The molecule has 0 radical (unpaired) electrons. The maximum Gasteiger partial charge on any atom is 0.0143 e. The van der Waals surface area contributed by atoms with Crippen LogP contribution in [0.2, 0.25) is 0 Å². The molecule has 0 nitrogen and oxygen atoms in total. The summed E-state index contributed by atoms with van der Waals surface area (Å²) in [6.07, 6.45) is 34.4. The van der Waals surface area contributed by atoms with E-state index in [0.29, 0.717) is 5.92 Å². The van der Waals surface area contributed by atoms with Gasteiger partial charge in [-0.2, -0.15) is 0 Å². The lowest BCUT2D eigenvalue weighted by molar-refractivity contribution is 0.629. The summed E-state index contributed by atoms with van der Waals surface area (Å²) in [5, 5.41) is 5.73. The Labute approximate surface area is 282 Å². The van der Waals surface area contributed by atoms with Crippen LogP contribution in [0.5, 0.6) is 0 Å². The molecular weight excluding hydrogens is 565 g/mol. The molecular formula is C47H50. The van der Waals surface area contributed by atoms with Gasteiger partial charge in [0.25, 0.3) is 0 Å². The Morgan fingerprint density at radius 2 is 1.72 bits per heavy atom. The van der Waals surface area contributed by atoms with Crippen LogP contribution in [0.4, 0.5) is 0 Å². The smallest absolute Gasteiger partial charge is 0.0143 e. The summed E-state index contributed by atoms with van der Waals surface area (Å²) in [7, 11) is 0. The molecule has 0 N–H and O–H groups in total. The minimum atomic E-state index is 0.0253. The fourth-order valence-electron chi connectivity index (χ4n) is 8.34. The first-order valence-corrected chi connectivity index (χ1v) is 18.1. The third-order valence-electron chi connectivity index (χ3n) is 11.2. The van der Waals surface area contributed by atoms with E-state index in [1.54, 1.807) is 16.7 Å². The predicted molar refractivity (Wildman–Crippen MR) is 205 cm³/mol. The summed E-state index contributed by atoms with van der Waals surface area (Å²) in [6.45, 7) is 9.33. The van der Waals surface area contributed by atoms with Crippen molar-refractivity contribution in [1.29, 1.82) is 0 Å². The van der Waals surface area contributed by atoms with Gasteiger partial charge in [0.15, 0.2) is 0 Å². The molecule has 0 fully saturated rings. The Balaban J connectivity index is 1.04. The number of hydrogen-bond acceptors (Lipinski definition) is 0. The normalized spacial score (nSPS) is 19.4. The Morgan fingerprint density at radius 1 is 0.872 bits per heavy atom. The standard InChI is InChI=1S/C47H50/c1-5-13-34(15-10-9-14-33(2)40-18-12-21-42(32-40)47(3,4)41-19-7-6-8-20-41)35-22-24-36(25-23-35)43-30-28-39-27-26-37-16-11-17-38-29-31-44(43)46(39)45(37)38/h6-8,11,13-14,16-17,19-22,24,26-28,30-32,38H,5,9-10,12,15,18,23,25,29H2,1-4H3. The summed E-state index contributed by atoms with van der Waals surface area (Å²) in [4.78, 5) is 0. The minimum absolute atomic E-state index is 0.0253. The van der Waals surface area contributed by atoms with E-state index in [0.717, 1.165) is 51.4 Å². The molecule has 0 saturated carbocycles. The highest BCUT2D eigenvalue weighted by Gasteiger charge is 2.26. The Kier molecular flexibility index (Phi) is 9.05. The number of unbranched alkanes of at least 4 members (excludes halogenated alkanes) is 1. The number of benzene rings is 3. The van der Waals surface area contributed by atoms with Crippen LogP contribution in [0.1, 0.15) is 108 Å². The van der Waals surface area contributed by atoms with Gasteiger partial charge in [0.05, 0.1) is 0 Å². The molecule has 0 spiro atoms. The van der Waals surface area contributed by atoms with Crippen molar-refractivity contribution in [3.05, 3.63) is 158 Å². The molecule has 0 saturated heterocycles. The molecule has 238 valence electrons. The lowest BCUT2D eigenvalue weighted by atomic mass is 9.74. The first-order valence-electron chi connectivity index (χ1n) is 18.1. The van der Waals surface area contributed by atoms with Crippen LogP contribution in [0.3, 0.4) is 0 Å². The molecule has 1 atom stereocenters. The second kappa shape index (κ2) is 13.5. The van der Waals surface area contributed by atoms with Gasteiger partial charge in [-0.05, 0) is 130 Å². The minimum Gasteiger partial charge on any atom is -0.0813 e. The van der Waals surface area contributed by atoms with Crippen LogP contribution in [-0.4, -0.2) is 0 Å². The zero-order valence-corrected chi connectivity index (χ0v) is 28.9. The number of hydrogen-bond donors (Lipinski definition) is 0. The van der Waals surface area contributed by atoms with Crippen molar-refractivity contribution in [2.45, 2.75) is 96.8 Å². The maximum absolute atomic E-state index is 2.51. The van der Waals surface area contributed by atoms with Gasteiger partial charge >= 0.3 is 0 Å². The molecule has 4 aliphatic rings. The summed E-state index contributed by atoms with van der Waals surface area (Å²) < 4.78 is 0. The van der Waals surface area contributed by atoms with Gasteiger partial charge in [-0.25, -0.2) is 0 Å². The molecule has 3 aromatic rings. The summed E-state index contributed by atoms with van der Waals surface area (Å²) in [5.74, 6) is 0.522. The quantitative estimate of drug-likeness (QED) is 0.199. The largest absolute Gasteiger partial charge is 0.0813 e. The fourth-order valence-corrected chi connectivity index (χ4v) is 8.34. The average molecular weight is 615 g/mol. The fraction of sp³-hybridized carbons (Fsp3) is 0.319.